The van der Waals surface area contributed by atoms with Gasteiger partial charge in [-0.05, 0) is 29.9 Å². The number of hydrogen-bond donors (Lipinski definition) is 0. The number of benzene rings is 2. The van der Waals surface area contributed by atoms with Crippen molar-refractivity contribution in [3.63, 3.8) is 0 Å². The number of ketones is 1. The van der Waals surface area contributed by atoms with E-state index in [9.17, 15) is 4.79 Å². The van der Waals surface area contributed by atoms with Gasteiger partial charge in [0.15, 0.2) is 0 Å². The van der Waals surface area contributed by atoms with Crippen LogP contribution in [-0.4, -0.2) is 5.78 Å². The molecule has 0 heterocycles. The SMILES string of the molecule is O=C1CCC(C(c2ccccc2)c2ccccc2)CC1. The van der Waals surface area contributed by atoms with Gasteiger partial charge in [0.2, 0.25) is 0 Å². The van der Waals surface area contributed by atoms with Crippen LogP contribution in [0.5, 0.6) is 0 Å². The third-order valence-electron chi connectivity index (χ3n) is 4.38. The molecular weight excluding hydrogens is 244 g/mol. The summed E-state index contributed by atoms with van der Waals surface area (Å²) in [6.45, 7) is 0. The molecule has 0 aliphatic heterocycles. The van der Waals surface area contributed by atoms with Gasteiger partial charge >= 0.3 is 0 Å². The zero-order valence-electron chi connectivity index (χ0n) is 11.7. The Kier molecular flexibility index (Phi) is 3.96. The summed E-state index contributed by atoms with van der Waals surface area (Å²) < 4.78 is 0. The number of carbonyl (C=O) groups excluding carboxylic acids is 1. The molecule has 1 nitrogen and oxygen atoms in total. The minimum absolute atomic E-state index is 0.422. The fraction of sp³-hybridized carbons (Fsp3) is 0.316. The summed E-state index contributed by atoms with van der Waals surface area (Å²) in [4.78, 5) is 11.5. The number of hydrogen-bond acceptors (Lipinski definition) is 1. The molecule has 0 saturated heterocycles. The van der Waals surface area contributed by atoms with Crippen molar-refractivity contribution in [3.8, 4) is 0 Å². The van der Waals surface area contributed by atoms with Gasteiger partial charge in [-0.1, -0.05) is 60.7 Å². The van der Waals surface area contributed by atoms with Crippen molar-refractivity contribution in [2.24, 2.45) is 5.92 Å². The second-order valence-corrected chi connectivity index (χ2v) is 5.68. The topological polar surface area (TPSA) is 17.1 Å². The van der Waals surface area contributed by atoms with E-state index >= 15 is 0 Å². The number of carbonyl (C=O) groups is 1. The smallest absolute Gasteiger partial charge is 0.132 e. The van der Waals surface area contributed by atoms with E-state index in [-0.39, 0.29) is 0 Å². The van der Waals surface area contributed by atoms with E-state index in [2.05, 4.69) is 60.7 Å². The molecule has 0 amide bonds. The van der Waals surface area contributed by atoms with Gasteiger partial charge in [0, 0.05) is 18.8 Å². The standard InChI is InChI=1S/C19H20O/c20-18-13-11-17(12-14-18)19(15-7-3-1-4-8-15)16-9-5-2-6-10-16/h1-10,17,19H,11-14H2. The van der Waals surface area contributed by atoms with E-state index in [4.69, 9.17) is 0 Å². The fourth-order valence-electron chi connectivity index (χ4n) is 3.35. The van der Waals surface area contributed by atoms with Crippen LogP contribution in [0.2, 0.25) is 0 Å². The molecule has 3 rings (SSSR count). The van der Waals surface area contributed by atoms with Gasteiger partial charge < -0.3 is 0 Å². The lowest BCUT2D eigenvalue weighted by Gasteiger charge is -2.30. The minimum atomic E-state index is 0.422. The van der Waals surface area contributed by atoms with Crippen molar-refractivity contribution in [1.82, 2.24) is 0 Å². The zero-order chi connectivity index (χ0) is 13.8. The number of rotatable bonds is 3. The molecule has 0 spiro atoms. The maximum absolute atomic E-state index is 11.5. The van der Waals surface area contributed by atoms with E-state index in [0.717, 1.165) is 25.7 Å². The average Bonchev–Trinajstić information content (AvgIpc) is 2.52. The molecule has 1 heteroatoms. The van der Waals surface area contributed by atoms with Crippen LogP contribution in [0.25, 0.3) is 0 Å². The van der Waals surface area contributed by atoms with E-state index in [1.54, 1.807) is 0 Å². The van der Waals surface area contributed by atoms with E-state index in [0.29, 0.717) is 17.6 Å². The normalized spacial score (nSPS) is 16.6. The molecule has 2 aromatic rings. The molecule has 1 fully saturated rings. The first-order valence-corrected chi connectivity index (χ1v) is 7.46. The maximum atomic E-state index is 11.5. The predicted molar refractivity (Wildman–Crippen MR) is 81.7 cm³/mol. The summed E-state index contributed by atoms with van der Waals surface area (Å²) in [5.74, 6) is 1.43. The van der Waals surface area contributed by atoms with Gasteiger partial charge in [-0.2, -0.15) is 0 Å². The van der Waals surface area contributed by atoms with Crippen LogP contribution in [-0.2, 0) is 4.79 Å². The summed E-state index contributed by atoms with van der Waals surface area (Å²) in [5.41, 5.74) is 2.75. The lowest BCUT2D eigenvalue weighted by Crippen LogP contribution is -2.21. The van der Waals surface area contributed by atoms with Crippen molar-refractivity contribution in [3.05, 3.63) is 71.8 Å². The molecule has 0 bridgehead atoms. The highest BCUT2D eigenvalue weighted by molar-refractivity contribution is 5.79. The highest BCUT2D eigenvalue weighted by Crippen LogP contribution is 2.39. The Balaban J connectivity index is 1.94. The summed E-state index contributed by atoms with van der Waals surface area (Å²) in [7, 11) is 0. The Hall–Kier alpha value is -1.89. The monoisotopic (exact) mass is 264 g/mol. The van der Waals surface area contributed by atoms with Crippen LogP contribution in [0.4, 0.5) is 0 Å². The van der Waals surface area contributed by atoms with Crippen molar-refractivity contribution in [1.29, 1.82) is 0 Å². The van der Waals surface area contributed by atoms with Crippen LogP contribution in [0.1, 0.15) is 42.7 Å². The van der Waals surface area contributed by atoms with Crippen molar-refractivity contribution >= 4 is 5.78 Å². The van der Waals surface area contributed by atoms with Crippen molar-refractivity contribution in [2.45, 2.75) is 31.6 Å². The van der Waals surface area contributed by atoms with Gasteiger partial charge in [0.05, 0.1) is 0 Å². The molecule has 1 saturated carbocycles. The molecule has 0 aromatic heterocycles. The van der Waals surface area contributed by atoms with E-state index in [1.165, 1.54) is 11.1 Å². The number of Topliss-reactive ketones (excluding diaryl/α,β-unsaturated/α-hetero) is 1. The first-order valence-electron chi connectivity index (χ1n) is 7.46. The molecule has 0 unspecified atom stereocenters. The third-order valence-corrected chi connectivity index (χ3v) is 4.38. The highest BCUT2D eigenvalue weighted by atomic mass is 16.1. The van der Waals surface area contributed by atoms with Gasteiger partial charge in [0.1, 0.15) is 5.78 Å². The quantitative estimate of drug-likeness (QED) is 0.793. The van der Waals surface area contributed by atoms with Crippen molar-refractivity contribution in [2.75, 3.05) is 0 Å². The highest BCUT2D eigenvalue weighted by Gasteiger charge is 2.28. The molecule has 0 N–H and O–H groups in total. The second kappa shape index (κ2) is 6.04. The molecule has 0 radical (unpaired) electrons. The molecule has 1 aliphatic carbocycles. The van der Waals surface area contributed by atoms with Crippen LogP contribution in [0, 0.1) is 5.92 Å². The maximum Gasteiger partial charge on any atom is 0.132 e. The first-order chi connectivity index (χ1) is 9.84. The van der Waals surface area contributed by atoms with Crippen LogP contribution >= 0.6 is 0 Å². The van der Waals surface area contributed by atoms with Crippen LogP contribution < -0.4 is 0 Å². The molecular formula is C19H20O. The van der Waals surface area contributed by atoms with Gasteiger partial charge in [-0.15, -0.1) is 0 Å². The van der Waals surface area contributed by atoms with Gasteiger partial charge in [0.25, 0.3) is 0 Å². The Morgan fingerprint density at radius 3 is 1.65 bits per heavy atom. The molecule has 102 valence electrons. The summed E-state index contributed by atoms with van der Waals surface area (Å²) in [5, 5.41) is 0. The Morgan fingerprint density at radius 1 is 0.750 bits per heavy atom. The van der Waals surface area contributed by atoms with Crippen molar-refractivity contribution < 1.29 is 4.79 Å². The molecule has 0 atom stereocenters. The Labute approximate surface area is 120 Å². The first kappa shape index (κ1) is 13.1. The zero-order valence-corrected chi connectivity index (χ0v) is 11.7. The second-order valence-electron chi connectivity index (χ2n) is 5.68. The van der Waals surface area contributed by atoms with E-state index in [1.807, 2.05) is 0 Å². The molecule has 2 aromatic carbocycles. The fourth-order valence-corrected chi connectivity index (χ4v) is 3.35. The van der Waals surface area contributed by atoms with E-state index < -0.39 is 0 Å². The predicted octanol–water partition coefficient (Wildman–Crippen LogP) is 4.58. The Morgan fingerprint density at radius 2 is 1.20 bits per heavy atom. The Bertz CT molecular complexity index is 509. The lowest BCUT2D eigenvalue weighted by atomic mass is 9.73. The lowest BCUT2D eigenvalue weighted by molar-refractivity contribution is -0.121. The third kappa shape index (κ3) is 2.82. The minimum Gasteiger partial charge on any atom is -0.300 e. The largest absolute Gasteiger partial charge is 0.300 e. The van der Waals surface area contributed by atoms with Gasteiger partial charge in [-0.25, -0.2) is 0 Å². The summed E-state index contributed by atoms with van der Waals surface area (Å²) in [6.07, 6.45) is 3.54. The molecule has 1 aliphatic rings. The average molecular weight is 264 g/mol. The van der Waals surface area contributed by atoms with Crippen LogP contribution in [0.15, 0.2) is 60.7 Å². The van der Waals surface area contributed by atoms with Gasteiger partial charge in [-0.3, -0.25) is 4.79 Å². The molecule has 20 heavy (non-hydrogen) atoms. The summed E-state index contributed by atoms with van der Waals surface area (Å²) >= 11 is 0. The summed E-state index contributed by atoms with van der Waals surface area (Å²) in [6, 6.07) is 21.4. The van der Waals surface area contributed by atoms with Crippen LogP contribution in [0.3, 0.4) is 0 Å².